The molecule has 0 amide bonds. The van der Waals surface area contributed by atoms with Crippen molar-refractivity contribution in [3.63, 3.8) is 0 Å². The molecule has 3 rings (SSSR count). The van der Waals surface area contributed by atoms with Gasteiger partial charge in [0.2, 0.25) is 5.13 Å². The van der Waals surface area contributed by atoms with Crippen LogP contribution in [0.5, 0.6) is 0 Å². The fraction of sp³-hybridized carbons (Fsp3) is 0.214. The lowest BCUT2D eigenvalue weighted by Crippen LogP contribution is -2.09. The molecule has 0 aliphatic rings. The van der Waals surface area contributed by atoms with Crippen molar-refractivity contribution < 1.29 is 4.39 Å². The van der Waals surface area contributed by atoms with Gasteiger partial charge in [-0.1, -0.05) is 19.1 Å². The summed E-state index contributed by atoms with van der Waals surface area (Å²) in [6.45, 7) is 2.80. The summed E-state index contributed by atoms with van der Waals surface area (Å²) in [6.07, 6.45) is 3.44. The van der Waals surface area contributed by atoms with Gasteiger partial charge in [-0.15, -0.1) is 0 Å². The molecule has 2 N–H and O–H groups in total. The van der Waals surface area contributed by atoms with Gasteiger partial charge in [0.1, 0.15) is 5.82 Å². The van der Waals surface area contributed by atoms with E-state index >= 15 is 0 Å². The summed E-state index contributed by atoms with van der Waals surface area (Å²) < 4.78 is 17.2. The van der Waals surface area contributed by atoms with E-state index in [2.05, 4.69) is 31.8 Å². The van der Waals surface area contributed by atoms with Crippen LogP contribution in [0.15, 0.2) is 36.7 Å². The first-order valence-electron chi connectivity index (χ1n) is 6.54. The minimum absolute atomic E-state index is 0.215. The van der Waals surface area contributed by atoms with Gasteiger partial charge < -0.3 is 5.32 Å². The maximum atomic E-state index is 12.9. The molecule has 5 nitrogen and oxygen atoms in total. The van der Waals surface area contributed by atoms with Gasteiger partial charge >= 0.3 is 0 Å². The standard InChI is InChI=1S/C14H14FN5S/c1-9(10-2-4-12(15)5-3-10)6-16-14-19-13(20-21-14)11-7-17-18-8-11/h2-5,7-9H,6H2,1H3,(H,17,18)(H,16,19,20)/t9-/m1/s1. The van der Waals surface area contributed by atoms with E-state index in [0.29, 0.717) is 12.4 Å². The quantitative estimate of drug-likeness (QED) is 0.759. The third-order valence-corrected chi connectivity index (χ3v) is 3.85. The van der Waals surface area contributed by atoms with E-state index in [4.69, 9.17) is 0 Å². The van der Waals surface area contributed by atoms with Crippen LogP contribution in [0.3, 0.4) is 0 Å². The molecule has 7 heteroatoms. The van der Waals surface area contributed by atoms with Crippen LogP contribution >= 0.6 is 11.5 Å². The minimum Gasteiger partial charge on any atom is -0.360 e. The summed E-state index contributed by atoms with van der Waals surface area (Å²) in [4.78, 5) is 4.41. The van der Waals surface area contributed by atoms with E-state index < -0.39 is 0 Å². The summed E-state index contributed by atoms with van der Waals surface area (Å²) in [7, 11) is 0. The van der Waals surface area contributed by atoms with Gasteiger partial charge in [-0.25, -0.2) is 4.39 Å². The Balaban J connectivity index is 1.61. The van der Waals surface area contributed by atoms with Crippen LogP contribution in [0.25, 0.3) is 11.4 Å². The molecule has 108 valence electrons. The lowest BCUT2D eigenvalue weighted by molar-refractivity contribution is 0.626. The van der Waals surface area contributed by atoms with Crippen molar-refractivity contribution in [3.8, 4) is 11.4 Å². The lowest BCUT2D eigenvalue weighted by atomic mass is 10.0. The van der Waals surface area contributed by atoms with Crippen LogP contribution in [-0.4, -0.2) is 26.1 Å². The van der Waals surface area contributed by atoms with E-state index in [1.54, 1.807) is 24.5 Å². The summed E-state index contributed by atoms with van der Waals surface area (Å²) in [6, 6.07) is 6.57. The Kier molecular flexibility index (Phi) is 3.92. The fourth-order valence-electron chi connectivity index (χ4n) is 1.94. The molecule has 0 radical (unpaired) electrons. The number of rotatable bonds is 5. The van der Waals surface area contributed by atoms with Crippen molar-refractivity contribution in [2.45, 2.75) is 12.8 Å². The molecule has 1 atom stereocenters. The average molecular weight is 303 g/mol. The first kappa shape index (κ1) is 13.7. The SMILES string of the molecule is C[C@H](CNc1nc(-c2cn[nH]c2)ns1)c1ccc(F)cc1. The second kappa shape index (κ2) is 6.01. The molecule has 1 aromatic carbocycles. The zero-order valence-electron chi connectivity index (χ0n) is 11.4. The number of H-pyrrole nitrogens is 1. The predicted molar refractivity (Wildman–Crippen MR) is 80.8 cm³/mol. The van der Waals surface area contributed by atoms with Gasteiger partial charge in [0, 0.05) is 24.3 Å². The number of nitrogens with zero attached hydrogens (tertiary/aromatic N) is 3. The molecule has 0 spiro atoms. The Morgan fingerprint density at radius 1 is 1.33 bits per heavy atom. The predicted octanol–water partition coefficient (Wildman–Crippen LogP) is 3.28. The monoisotopic (exact) mass is 303 g/mol. The Morgan fingerprint density at radius 3 is 2.86 bits per heavy atom. The number of anilines is 1. The Hall–Kier alpha value is -2.28. The molecule has 0 aliphatic heterocycles. The zero-order chi connectivity index (χ0) is 14.7. The van der Waals surface area contributed by atoms with E-state index in [-0.39, 0.29) is 11.7 Å². The number of hydrogen-bond acceptors (Lipinski definition) is 5. The maximum absolute atomic E-state index is 12.9. The third kappa shape index (κ3) is 3.25. The fourth-order valence-corrected chi connectivity index (χ4v) is 2.53. The van der Waals surface area contributed by atoms with Crippen LogP contribution in [0.2, 0.25) is 0 Å². The number of aromatic nitrogens is 4. The van der Waals surface area contributed by atoms with Crippen molar-refractivity contribution in [2.75, 3.05) is 11.9 Å². The molecule has 0 saturated heterocycles. The second-order valence-corrected chi connectivity index (χ2v) is 5.50. The molecule has 3 aromatic rings. The Labute approximate surface area is 125 Å². The highest BCUT2D eigenvalue weighted by Gasteiger charge is 2.10. The van der Waals surface area contributed by atoms with Crippen molar-refractivity contribution in [3.05, 3.63) is 48.0 Å². The molecule has 0 saturated carbocycles. The van der Waals surface area contributed by atoms with E-state index in [1.807, 2.05) is 0 Å². The summed E-state index contributed by atoms with van der Waals surface area (Å²) in [5, 5.41) is 10.6. The topological polar surface area (TPSA) is 66.5 Å². The first-order chi connectivity index (χ1) is 10.2. The molecule has 2 aromatic heterocycles. The van der Waals surface area contributed by atoms with Crippen LogP contribution in [0, 0.1) is 5.82 Å². The second-order valence-electron chi connectivity index (χ2n) is 4.74. The number of nitrogens with one attached hydrogen (secondary N) is 2. The van der Waals surface area contributed by atoms with Crippen LogP contribution in [-0.2, 0) is 0 Å². The molecular formula is C14H14FN5S. The summed E-state index contributed by atoms with van der Waals surface area (Å²) >= 11 is 1.31. The first-order valence-corrected chi connectivity index (χ1v) is 7.32. The normalized spacial score (nSPS) is 12.3. The van der Waals surface area contributed by atoms with Crippen molar-refractivity contribution in [1.82, 2.24) is 19.6 Å². The van der Waals surface area contributed by atoms with Crippen molar-refractivity contribution in [2.24, 2.45) is 0 Å². The lowest BCUT2D eigenvalue weighted by Gasteiger charge is -2.12. The molecule has 0 fully saturated rings. The number of hydrogen-bond donors (Lipinski definition) is 2. The van der Waals surface area contributed by atoms with Gasteiger partial charge in [-0.05, 0) is 23.6 Å². The molecular weight excluding hydrogens is 289 g/mol. The van der Waals surface area contributed by atoms with Crippen molar-refractivity contribution >= 4 is 16.7 Å². The van der Waals surface area contributed by atoms with Gasteiger partial charge in [0.25, 0.3) is 0 Å². The maximum Gasteiger partial charge on any atom is 0.202 e. The minimum atomic E-state index is -0.215. The van der Waals surface area contributed by atoms with E-state index in [9.17, 15) is 4.39 Å². The molecule has 21 heavy (non-hydrogen) atoms. The summed E-state index contributed by atoms with van der Waals surface area (Å²) in [5.74, 6) is 0.699. The molecule has 0 aliphatic carbocycles. The zero-order valence-corrected chi connectivity index (χ0v) is 12.2. The number of aromatic amines is 1. The van der Waals surface area contributed by atoms with Gasteiger partial charge in [-0.3, -0.25) is 5.10 Å². The van der Waals surface area contributed by atoms with E-state index in [0.717, 1.165) is 16.3 Å². The Morgan fingerprint density at radius 2 is 2.14 bits per heavy atom. The highest BCUT2D eigenvalue weighted by molar-refractivity contribution is 7.09. The van der Waals surface area contributed by atoms with E-state index in [1.165, 1.54) is 23.7 Å². The molecule has 0 unspecified atom stereocenters. The third-order valence-electron chi connectivity index (χ3n) is 3.18. The smallest absolute Gasteiger partial charge is 0.202 e. The largest absolute Gasteiger partial charge is 0.360 e. The molecule has 0 bridgehead atoms. The van der Waals surface area contributed by atoms with Crippen LogP contribution < -0.4 is 5.32 Å². The van der Waals surface area contributed by atoms with Crippen LogP contribution in [0.1, 0.15) is 18.4 Å². The number of halogens is 1. The van der Waals surface area contributed by atoms with Crippen LogP contribution in [0.4, 0.5) is 9.52 Å². The average Bonchev–Trinajstić information content (AvgIpc) is 3.16. The number of benzene rings is 1. The highest BCUT2D eigenvalue weighted by atomic mass is 32.1. The highest BCUT2D eigenvalue weighted by Crippen LogP contribution is 2.21. The molecule has 2 heterocycles. The van der Waals surface area contributed by atoms with Gasteiger partial charge in [0.05, 0.1) is 11.8 Å². The van der Waals surface area contributed by atoms with Crippen molar-refractivity contribution in [1.29, 1.82) is 0 Å². The Bertz CT molecular complexity index is 692. The van der Waals surface area contributed by atoms with Gasteiger partial charge in [-0.2, -0.15) is 14.5 Å². The summed E-state index contributed by atoms with van der Waals surface area (Å²) in [5.41, 5.74) is 1.95. The van der Waals surface area contributed by atoms with Gasteiger partial charge in [0.15, 0.2) is 5.82 Å².